The summed E-state index contributed by atoms with van der Waals surface area (Å²) in [6, 6.07) is 17.4. The van der Waals surface area contributed by atoms with Crippen LogP contribution in [0.15, 0.2) is 65.8 Å². The van der Waals surface area contributed by atoms with Gasteiger partial charge in [0.25, 0.3) is 5.91 Å². The molecule has 9 nitrogen and oxygen atoms in total. The van der Waals surface area contributed by atoms with E-state index in [4.69, 9.17) is 5.73 Å². The molecule has 0 bridgehead atoms. The maximum Gasteiger partial charge on any atom is 0.261 e. The van der Waals surface area contributed by atoms with Gasteiger partial charge in [-0.1, -0.05) is 18.2 Å². The topological polar surface area (TPSA) is 139 Å². The highest BCUT2D eigenvalue weighted by atomic mass is 16.3. The van der Waals surface area contributed by atoms with E-state index in [1.54, 1.807) is 6.07 Å². The van der Waals surface area contributed by atoms with Crippen LogP contribution >= 0.6 is 0 Å². The Hall–Kier alpha value is -4.92. The van der Waals surface area contributed by atoms with Crippen molar-refractivity contribution in [3.63, 3.8) is 0 Å². The molecular weight excluding hydrogens is 444 g/mol. The smallest absolute Gasteiger partial charge is 0.261 e. The molecule has 0 radical (unpaired) electrons. The second-order valence-electron chi connectivity index (χ2n) is 8.28. The second kappa shape index (κ2) is 8.45. The Morgan fingerprint density at radius 3 is 2.34 bits per heavy atom. The number of carbonyl (C=O) groups excluding carboxylic acids is 1. The van der Waals surface area contributed by atoms with E-state index in [2.05, 4.69) is 20.4 Å². The number of nitrogen functional groups attached to an aromatic ring is 1. The molecule has 0 unspecified atom stereocenters. The van der Waals surface area contributed by atoms with Gasteiger partial charge in [-0.15, -0.1) is 0 Å². The van der Waals surface area contributed by atoms with Crippen molar-refractivity contribution in [3.05, 3.63) is 82.9 Å². The van der Waals surface area contributed by atoms with Gasteiger partial charge in [0.1, 0.15) is 16.9 Å². The third-order valence-electron chi connectivity index (χ3n) is 5.50. The molecule has 9 heteroatoms. The summed E-state index contributed by atoms with van der Waals surface area (Å²) in [4.78, 5) is 22.7. The van der Waals surface area contributed by atoms with Gasteiger partial charge in [0.15, 0.2) is 17.1 Å². The number of nitrogens with zero attached hydrogens (tertiary/aromatic N) is 4. The van der Waals surface area contributed by atoms with Crippen LogP contribution in [-0.4, -0.2) is 37.0 Å². The third-order valence-corrected chi connectivity index (χ3v) is 5.50. The number of rotatable bonds is 4. The molecule has 35 heavy (non-hydrogen) atoms. The Morgan fingerprint density at radius 1 is 0.971 bits per heavy atom. The molecule has 0 aliphatic heterocycles. The lowest BCUT2D eigenvalue weighted by Crippen LogP contribution is -2.14. The Morgan fingerprint density at radius 2 is 1.66 bits per heavy atom. The summed E-state index contributed by atoms with van der Waals surface area (Å²) in [6.07, 6.45) is 1.44. The summed E-state index contributed by atoms with van der Waals surface area (Å²) in [5.74, 6) is -0.885. The first-order valence-corrected chi connectivity index (χ1v) is 10.8. The zero-order chi connectivity index (χ0) is 24.7. The van der Waals surface area contributed by atoms with Crippen molar-refractivity contribution in [2.45, 2.75) is 13.8 Å². The zero-order valence-electron chi connectivity index (χ0n) is 19.0. The molecule has 5 N–H and O–H groups in total. The van der Waals surface area contributed by atoms with E-state index in [1.165, 1.54) is 23.0 Å². The van der Waals surface area contributed by atoms with E-state index < -0.39 is 5.91 Å². The first-order chi connectivity index (χ1) is 16.8. The normalized spacial score (nSPS) is 11.5. The largest absolute Gasteiger partial charge is 0.504 e. The Balaban J connectivity index is 1.66. The number of fused-ring (bicyclic) bond motifs is 2. The lowest BCUT2D eigenvalue weighted by Gasteiger charge is -2.08. The summed E-state index contributed by atoms with van der Waals surface area (Å²) in [5, 5.41) is 26.7. The molecule has 1 amide bonds. The van der Waals surface area contributed by atoms with Crippen molar-refractivity contribution in [2.75, 3.05) is 11.1 Å². The van der Waals surface area contributed by atoms with Gasteiger partial charge in [0.2, 0.25) is 0 Å². The molecule has 174 valence electrons. The van der Waals surface area contributed by atoms with Gasteiger partial charge >= 0.3 is 0 Å². The van der Waals surface area contributed by atoms with E-state index in [9.17, 15) is 15.0 Å². The number of aryl methyl sites for hydroxylation is 2. The molecule has 5 rings (SSSR count). The molecule has 0 aliphatic carbocycles. The number of aromatic hydroxyl groups is 2. The molecule has 2 aromatic heterocycles. The van der Waals surface area contributed by atoms with Crippen LogP contribution in [0.2, 0.25) is 0 Å². The predicted molar refractivity (Wildman–Crippen MR) is 136 cm³/mol. The van der Waals surface area contributed by atoms with Gasteiger partial charge in [-0.05, 0) is 73.0 Å². The monoisotopic (exact) mass is 466 g/mol. The predicted octanol–water partition coefficient (Wildman–Crippen LogP) is 4.33. The van der Waals surface area contributed by atoms with Gasteiger partial charge < -0.3 is 21.3 Å². The lowest BCUT2D eigenvalue weighted by atomic mass is 10.1. The van der Waals surface area contributed by atoms with Gasteiger partial charge in [-0.3, -0.25) is 4.79 Å². The molecule has 0 saturated carbocycles. The van der Waals surface area contributed by atoms with Crippen LogP contribution in [0.25, 0.3) is 22.2 Å². The number of anilines is 2. The average Bonchev–Trinajstić information content (AvgIpc) is 3.07. The summed E-state index contributed by atoms with van der Waals surface area (Å²) in [6.45, 7) is 3.91. The quantitative estimate of drug-likeness (QED) is 0.230. The summed E-state index contributed by atoms with van der Waals surface area (Å²) in [7, 11) is 0. The van der Waals surface area contributed by atoms with E-state index in [0.29, 0.717) is 33.4 Å². The Kier molecular flexibility index (Phi) is 5.29. The molecular formula is C26H22N6O3. The van der Waals surface area contributed by atoms with Crippen molar-refractivity contribution in [2.24, 2.45) is 5.10 Å². The van der Waals surface area contributed by atoms with E-state index >= 15 is 0 Å². The number of nitrogens with two attached hydrogens (primary N) is 1. The van der Waals surface area contributed by atoms with Crippen LogP contribution in [0.4, 0.5) is 11.5 Å². The molecule has 5 aromatic rings. The number of nitrogens with one attached hydrogen (secondary N) is 1. The fraction of sp³-hybridized carbons (Fsp3) is 0.0769. The van der Waals surface area contributed by atoms with Gasteiger partial charge in [-0.2, -0.15) is 9.78 Å². The van der Waals surface area contributed by atoms with E-state index in [1.807, 2.05) is 56.3 Å². The maximum atomic E-state index is 13.4. The SMILES string of the molecule is Cc1cc(C)cc(NC(=O)c2c(N)n(/N=C/c3ccc(O)c(O)c3)c3nc4ccccc4nc23)c1. The highest BCUT2D eigenvalue weighted by Crippen LogP contribution is 2.29. The second-order valence-corrected chi connectivity index (χ2v) is 8.28. The van der Waals surface area contributed by atoms with Gasteiger partial charge in [0, 0.05) is 5.69 Å². The number of phenolic OH excluding ortho intramolecular Hbond substituents is 2. The van der Waals surface area contributed by atoms with Crippen LogP contribution < -0.4 is 11.1 Å². The van der Waals surface area contributed by atoms with Crippen LogP contribution in [0, 0.1) is 13.8 Å². The summed E-state index contributed by atoms with van der Waals surface area (Å²) in [5.41, 5.74) is 11.6. The first-order valence-electron chi connectivity index (χ1n) is 10.8. The number of benzene rings is 3. The average molecular weight is 467 g/mol. The van der Waals surface area contributed by atoms with Gasteiger partial charge in [0.05, 0.1) is 17.2 Å². The van der Waals surface area contributed by atoms with Crippen molar-refractivity contribution < 1.29 is 15.0 Å². The van der Waals surface area contributed by atoms with Crippen molar-refractivity contribution in [3.8, 4) is 11.5 Å². The van der Waals surface area contributed by atoms with Crippen molar-refractivity contribution >= 4 is 45.8 Å². The number of para-hydroxylation sites is 2. The number of amides is 1. The number of carbonyl (C=O) groups is 1. The third kappa shape index (κ3) is 4.10. The minimum Gasteiger partial charge on any atom is -0.504 e. The standard InChI is InChI=1S/C26H22N6O3/c1-14-9-15(2)11-17(10-14)29-26(35)22-23-25(31-19-6-4-3-5-18(19)30-23)32(24(22)27)28-13-16-7-8-20(33)21(34)12-16/h3-13,33-34H,27H2,1-2H3,(H,29,35)/b28-13+. The summed E-state index contributed by atoms with van der Waals surface area (Å²) >= 11 is 0. The van der Waals surface area contributed by atoms with Crippen LogP contribution in [-0.2, 0) is 0 Å². The number of hydrogen-bond donors (Lipinski definition) is 4. The minimum atomic E-state index is -0.432. The van der Waals surface area contributed by atoms with Crippen LogP contribution in [0.1, 0.15) is 27.0 Å². The highest BCUT2D eigenvalue weighted by Gasteiger charge is 2.24. The van der Waals surface area contributed by atoms with Crippen molar-refractivity contribution in [1.29, 1.82) is 0 Å². The maximum absolute atomic E-state index is 13.4. The molecule has 3 aromatic carbocycles. The fourth-order valence-electron chi connectivity index (χ4n) is 3.97. The van der Waals surface area contributed by atoms with E-state index in [-0.39, 0.29) is 22.9 Å². The van der Waals surface area contributed by atoms with Gasteiger partial charge in [-0.25, -0.2) is 9.97 Å². The molecule has 0 atom stereocenters. The first kappa shape index (κ1) is 21.9. The molecule has 2 heterocycles. The van der Waals surface area contributed by atoms with Crippen LogP contribution in [0.3, 0.4) is 0 Å². The fourth-order valence-corrected chi connectivity index (χ4v) is 3.97. The van der Waals surface area contributed by atoms with Crippen LogP contribution in [0.5, 0.6) is 11.5 Å². The minimum absolute atomic E-state index is 0.0661. The molecule has 0 aliphatic rings. The number of aromatic nitrogens is 3. The Bertz CT molecular complexity index is 1630. The lowest BCUT2D eigenvalue weighted by molar-refractivity contribution is 0.102. The molecule has 0 spiro atoms. The van der Waals surface area contributed by atoms with Crippen molar-refractivity contribution in [1.82, 2.24) is 14.6 Å². The number of hydrogen-bond acceptors (Lipinski definition) is 7. The van der Waals surface area contributed by atoms with E-state index in [0.717, 1.165) is 11.1 Å². The molecule has 0 fully saturated rings. The number of phenols is 2. The summed E-state index contributed by atoms with van der Waals surface area (Å²) < 4.78 is 1.34. The molecule has 0 saturated heterocycles. The Labute approximate surface area is 200 Å². The zero-order valence-corrected chi connectivity index (χ0v) is 19.0. The highest BCUT2D eigenvalue weighted by molar-refractivity contribution is 6.16.